The van der Waals surface area contributed by atoms with Crippen LogP contribution in [0.3, 0.4) is 0 Å². The van der Waals surface area contributed by atoms with Gasteiger partial charge in [-0.25, -0.2) is 4.39 Å². The van der Waals surface area contributed by atoms with E-state index in [9.17, 15) is 14.0 Å². The lowest BCUT2D eigenvalue weighted by Gasteiger charge is -2.20. The summed E-state index contributed by atoms with van der Waals surface area (Å²) in [7, 11) is 0. The molecule has 3 N–H and O–H groups in total. The molecule has 25 heavy (non-hydrogen) atoms. The molecule has 1 aromatic carbocycles. The van der Waals surface area contributed by atoms with Crippen LogP contribution in [0.1, 0.15) is 32.7 Å². The van der Waals surface area contributed by atoms with Crippen molar-refractivity contribution < 1.29 is 9.13 Å². The van der Waals surface area contributed by atoms with Gasteiger partial charge in [0.2, 0.25) is 5.43 Å². The van der Waals surface area contributed by atoms with Crippen molar-refractivity contribution in [1.82, 2.24) is 8.94 Å². The number of nitrogens with zero attached hydrogens (tertiary/aromatic N) is 1. The van der Waals surface area contributed by atoms with Crippen LogP contribution in [0.15, 0.2) is 21.7 Å². The summed E-state index contributed by atoms with van der Waals surface area (Å²) in [5, 5.41) is 0.292. The smallest absolute Gasteiger partial charge is 0.271 e. The second-order valence-electron chi connectivity index (χ2n) is 7.22. The Bertz CT molecular complexity index is 1100. The predicted molar refractivity (Wildman–Crippen MR) is 96.2 cm³/mol. The summed E-state index contributed by atoms with van der Waals surface area (Å²) >= 11 is 1.14. The van der Waals surface area contributed by atoms with Gasteiger partial charge in [0.15, 0.2) is 11.6 Å². The molecule has 0 amide bonds. The van der Waals surface area contributed by atoms with Crippen LogP contribution >= 0.6 is 11.5 Å². The van der Waals surface area contributed by atoms with Crippen LogP contribution in [0.5, 0.6) is 5.75 Å². The molecule has 8 heteroatoms. The first kappa shape index (κ1) is 16.3. The van der Waals surface area contributed by atoms with E-state index >= 15 is 0 Å². The second-order valence-corrected chi connectivity index (χ2v) is 8.02. The highest BCUT2D eigenvalue weighted by Crippen LogP contribution is 2.40. The number of H-pyrrole nitrogens is 1. The molecule has 3 aromatic rings. The molecule has 6 nitrogen and oxygen atoms in total. The maximum atomic E-state index is 14.5. The van der Waals surface area contributed by atoms with Crippen molar-refractivity contribution in [2.45, 2.75) is 38.3 Å². The average molecular weight is 363 g/mol. The van der Waals surface area contributed by atoms with Gasteiger partial charge in [-0.2, -0.15) is 0 Å². The standard InChI is InChI=1S/C17H18FN3O3S/c1-17(2,19)7-24-12-6-11-9(5-10(12)18)14(22)13-15(23)20-25-16(13)21(11)8-3-4-8/h5-6,8H,3-4,7,19H2,1-2H3,(H,20,23). The maximum Gasteiger partial charge on any atom is 0.271 e. The lowest BCUT2D eigenvalue weighted by Crippen LogP contribution is -2.38. The monoisotopic (exact) mass is 363 g/mol. The Morgan fingerprint density at radius 3 is 2.76 bits per heavy atom. The number of aromatic amines is 1. The molecule has 1 fully saturated rings. The van der Waals surface area contributed by atoms with Crippen LogP contribution in [0.25, 0.3) is 21.1 Å². The number of nitrogens with one attached hydrogen (secondary N) is 1. The van der Waals surface area contributed by atoms with Crippen molar-refractivity contribution in [2.24, 2.45) is 5.73 Å². The molecular weight excluding hydrogens is 345 g/mol. The third-order valence-electron chi connectivity index (χ3n) is 4.19. The summed E-state index contributed by atoms with van der Waals surface area (Å²) in [6.07, 6.45) is 1.92. The van der Waals surface area contributed by atoms with Crippen LogP contribution in [0.4, 0.5) is 4.39 Å². The Morgan fingerprint density at radius 2 is 2.12 bits per heavy atom. The van der Waals surface area contributed by atoms with Crippen molar-refractivity contribution in [2.75, 3.05) is 6.61 Å². The number of ether oxygens (including phenoxy) is 1. The molecule has 2 heterocycles. The highest BCUT2D eigenvalue weighted by molar-refractivity contribution is 7.12. The number of fused-ring (bicyclic) bond motifs is 2. The number of halogens is 1. The number of aromatic nitrogens is 2. The number of hydrogen-bond donors (Lipinski definition) is 2. The van der Waals surface area contributed by atoms with Crippen molar-refractivity contribution in [3.8, 4) is 5.75 Å². The SMILES string of the molecule is CC(C)(N)COc1cc2c(cc1F)c(=O)c1c(=O)[nH]sc1n2C1CC1. The van der Waals surface area contributed by atoms with Gasteiger partial charge in [-0.15, -0.1) is 0 Å². The topological polar surface area (TPSA) is 90.1 Å². The Labute approximate surface area is 146 Å². The molecule has 0 radical (unpaired) electrons. The van der Waals surface area contributed by atoms with E-state index in [1.165, 1.54) is 0 Å². The van der Waals surface area contributed by atoms with E-state index in [1.54, 1.807) is 19.9 Å². The molecule has 2 aromatic heterocycles. The average Bonchev–Trinajstić information content (AvgIpc) is 3.28. The van der Waals surface area contributed by atoms with E-state index in [-0.39, 0.29) is 29.2 Å². The first-order valence-electron chi connectivity index (χ1n) is 8.07. The van der Waals surface area contributed by atoms with Gasteiger partial charge in [0.05, 0.1) is 5.52 Å². The third-order valence-corrected chi connectivity index (χ3v) is 5.07. The highest BCUT2D eigenvalue weighted by atomic mass is 32.1. The third kappa shape index (κ3) is 2.75. The molecule has 1 aliphatic rings. The summed E-state index contributed by atoms with van der Waals surface area (Å²) in [4.78, 5) is 25.3. The van der Waals surface area contributed by atoms with Crippen LogP contribution in [0.2, 0.25) is 0 Å². The Kier molecular flexibility index (Phi) is 3.52. The number of hydrogen-bond acceptors (Lipinski definition) is 5. The van der Waals surface area contributed by atoms with Gasteiger partial charge < -0.3 is 15.0 Å². The molecule has 1 aliphatic carbocycles. The van der Waals surface area contributed by atoms with E-state index in [0.717, 1.165) is 30.4 Å². The quantitative estimate of drug-likeness (QED) is 0.745. The maximum absolute atomic E-state index is 14.5. The number of benzene rings is 1. The molecule has 132 valence electrons. The van der Waals surface area contributed by atoms with E-state index in [2.05, 4.69) is 4.37 Å². The van der Waals surface area contributed by atoms with Gasteiger partial charge in [-0.05, 0) is 44.3 Å². The van der Waals surface area contributed by atoms with E-state index in [4.69, 9.17) is 10.5 Å². The normalized spacial score (nSPS) is 15.2. The first-order valence-corrected chi connectivity index (χ1v) is 8.88. The predicted octanol–water partition coefficient (Wildman–Crippen LogP) is 2.49. The van der Waals surface area contributed by atoms with Crippen LogP contribution in [-0.4, -0.2) is 21.1 Å². The zero-order chi connectivity index (χ0) is 17.9. The van der Waals surface area contributed by atoms with Gasteiger partial charge in [-0.3, -0.25) is 14.0 Å². The van der Waals surface area contributed by atoms with Gasteiger partial charge in [0.25, 0.3) is 5.56 Å². The summed E-state index contributed by atoms with van der Waals surface area (Å²) in [5.41, 5.74) is 5.00. The Morgan fingerprint density at radius 1 is 1.40 bits per heavy atom. The molecule has 4 rings (SSSR count). The zero-order valence-corrected chi connectivity index (χ0v) is 14.7. The van der Waals surface area contributed by atoms with Crippen molar-refractivity contribution in [3.05, 3.63) is 38.5 Å². The molecule has 0 aliphatic heterocycles. The summed E-state index contributed by atoms with van der Waals surface area (Å²) < 4.78 is 24.6. The molecule has 0 atom stereocenters. The first-order chi connectivity index (χ1) is 11.8. The second kappa shape index (κ2) is 5.40. The lowest BCUT2D eigenvalue weighted by molar-refractivity contribution is 0.234. The minimum Gasteiger partial charge on any atom is -0.489 e. The molecule has 0 spiro atoms. The lowest BCUT2D eigenvalue weighted by atomic mass is 10.1. The minimum atomic E-state index is -0.637. The molecule has 0 saturated heterocycles. The number of nitrogens with two attached hydrogens (primary N) is 1. The molecule has 1 saturated carbocycles. The fourth-order valence-electron chi connectivity index (χ4n) is 2.90. The van der Waals surface area contributed by atoms with Crippen LogP contribution < -0.4 is 21.5 Å². The van der Waals surface area contributed by atoms with E-state index in [1.807, 2.05) is 4.57 Å². The van der Waals surface area contributed by atoms with Crippen LogP contribution in [0, 0.1) is 5.82 Å². The fraction of sp³-hybridized carbons (Fsp3) is 0.412. The van der Waals surface area contributed by atoms with E-state index in [0.29, 0.717) is 10.3 Å². The molecule has 0 bridgehead atoms. The van der Waals surface area contributed by atoms with Crippen molar-refractivity contribution in [3.63, 3.8) is 0 Å². The minimum absolute atomic E-state index is 0.0575. The van der Waals surface area contributed by atoms with Crippen molar-refractivity contribution >= 4 is 32.7 Å². The van der Waals surface area contributed by atoms with Crippen LogP contribution in [-0.2, 0) is 0 Å². The highest BCUT2D eigenvalue weighted by Gasteiger charge is 2.29. The van der Waals surface area contributed by atoms with Gasteiger partial charge in [0.1, 0.15) is 16.8 Å². The Balaban J connectivity index is 2.00. The number of pyridine rings is 1. The van der Waals surface area contributed by atoms with Gasteiger partial charge in [-0.1, -0.05) is 0 Å². The van der Waals surface area contributed by atoms with Crippen molar-refractivity contribution in [1.29, 1.82) is 0 Å². The molecular formula is C17H18FN3O3S. The Hall–Kier alpha value is -2.19. The van der Waals surface area contributed by atoms with E-state index < -0.39 is 22.3 Å². The summed E-state index contributed by atoms with van der Waals surface area (Å²) in [5.74, 6) is -0.579. The van der Waals surface area contributed by atoms with Gasteiger partial charge in [0, 0.05) is 23.0 Å². The largest absolute Gasteiger partial charge is 0.489 e. The fourth-order valence-corrected chi connectivity index (χ4v) is 3.83. The molecule has 0 unspecified atom stereocenters. The zero-order valence-electron chi connectivity index (χ0n) is 13.9. The number of rotatable bonds is 4. The van der Waals surface area contributed by atoms with Gasteiger partial charge >= 0.3 is 0 Å². The summed E-state index contributed by atoms with van der Waals surface area (Å²) in [6, 6.07) is 2.91. The summed E-state index contributed by atoms with van der Waals surface area (Å²) in [6.45, 7) is 3.71.